The van der Waals surface area contributed by atoms with E-state index in [1.165, 1.54) is 12.1 Å². The fourth-order valence-electron chi connectivity index (χ4n) is 1.43. The largest absolute Gasteiger partial charge is 0.493 e. The second-order valence-corrected chi connectivity index (χ2v) is 3.28. The summed E-state index contributed by atoms with van der Waals surface area (Å²) in [5, 5.41) is 10.4. The number of nitro groups is 1. The lowest BCUT2D eigenvalue weighted by molar-refractivity contribution is -0.384. The Hall–Kier alpha value is -1.40. The maximum Gasteiger partial charge on any atom is 0.493 e. The second-order valence-electron chi connectivity index (χ2n) is 3.28. The van der Waals surface area contributed by atoms with E-state index < -0.39 is 4.92 Å². The Kier molecular flexibility index (Phi) is 2.98. The van der Waals surface area contributed by atoms with Crippen LogP contribution in [0, 0.1) is 10.1 Å². The van der Waals surface area contributed by atoms with E-state index in [4.69, 9.17) is 9.31 Å². The average molecular weight is 207 g/mol. The molecule has 0 spiro atoms. The molecule has 0 saturated carbocycles. The van der Waals surface area contributed by atoms with E-state index in [0.29, 0.717) is 13.2 Å². The van der Waals surface area contributed by atoms with E-state index in [2.05, 4.69) is 0 Å². The first-order valence-electron chi connectivity index (χ1n) is 4.75. The lowest BCUT2D eigenvalue weighted by Crippen LogP contribution is -2.40. The van der Waals surface area contributed by atoms with Crippen molar-refractivity contribution < 1.29 is 14.2 Å². The van der Waals surface area contributed by atoms with Gasteiger partial charge < -0.3 is 9.31 Å². The minimum atomic E-state index is -0.424. The predicted molar refractivity (Wildman–Crippen MR) is 55.0 cm³/mol. The number of non-ortho nitro benzene ring substituents is 1. The van der Waals surface area contributed by atoms with Gasteiger partial charge in [0.05, 0.1) is 4.92 Å². The maximum atomic E-state index is 10.4. The number of nitrogens with zero attached hydrogens (tertiary/aromatic N) is 1. The molecule has 2 rings (SSSR count). The summed E-state index contributed by atoms with van der Waals surface area (Å²) in [6, 6.07) is 6.23. The Labute approximate surface area is 87.3 Å². The van der Waals surface area contributed by atoms with Gasteiger partial charge in [-0.3, -0.25) is 10.1 Å². The smallest absolute Gasteiger partial charge is 0.407 e. The Balaban J connectivity index is 2.11. The van der Waals surface area contributed by atoms with Crippen LogP contribution >= 0.6 is 0 Å². The van der Waals surface area contributed by atoms with Gasteiger partial charge in [-0.15, -0.1) is 0 Å². The molecule has 0 unspecified atom stereocenters. The third-order valence-electron chi connectivity index (χ3n) is 2.20. The molecule has 6 heteroatoms. The molecule has 78 valence electrons. The van der Waals surface area contributed by atoms with Crippen molar-refractivity contribution in [2.24, 2.45) is 0 Å². The summed E-state index contributed by atoms with van der Waals surface area (Å²) in [6.07, 6.45) is 0.892. The maximum absolute atomic E-state index is 10.4. The van der Waals surface area contributed by atoms with Gasteiger partial charge in [-0.2, -0.15) is 0 Å². The highest BCUT2D eigenvalue weighted by Crippen LogP contribution is 2.09. The molecule has 0 amide bonds. The summed E-state index contributed by atoms with van der Waals surface area (Å²) in [4.78, 5) is 10.0. The van der Waals surface area contributed by atoms with E-state index in [9.17, 15) is 10.1 Å². The highest BCUT2D eigenvalue weighted by molar-refractivity contribution is 6.61. The minimum Gasteiger partial charge on any atom is -0.407 e. The molecule has 1 aromatic rings. The fourth-order valence-corrected chi connectivity index (χ4v) is 1.43. The van der Waals surface area contributed by atoms with Crippen molar-refractivity contribution in [2.45, 2.75) is 6.42 Å². The monoisotopic (exact) mass is 207 g/mol. The van der Waals surface area contributed by atoms with E-state index in [-0.39, 0.29) is 12.8 Å². The molecular formula is C9H10BNO4. The zero-order valence-corrected chi connectivity index (χ0v) is 8.09. The lowest BCUT2D eigenvalue weighted by atomic mass is 9.78. The highest BCUT2D eigenvalue weighted by atomic mass is 16.6. The fraction of sp³-hybridized carbons (Fsp3) is 0.333. The van der Waals surface area contributed by atoms with Crippen molar-refractivity contribution in [1.29, 1.82) is 0 Å². The molecule has 1 aromatic carbocycles. The molecule has 0 N–H and O–H groups in total. The van der Waals surface area contributed by atoms with E-state index in [1.54, 1.807) is 12.1 Å². The SMILES string of the molecule is O=[N+]([O-])c1ccc(B2OCCCO2)cc1. The number of nitro benzene ring substituents is 1. The average Bonchev–Trinajstić information content (AvgIpc) is 2.30. The van der Waals surface area contributed by atoms with Crippen LogP contribution in [0.2, 0.25) is 0 Å². The van der Waals surface area contributed by atoms with Gasteiger partial charge in [0, 0.05) is 25.3 Å². The summed E-state index contributed by atoms with van der Waals surface area (Å²) < 4.78 is 10.7. The van der Waals surface area contributed by atoms with E-state index in [0.717, 1.165) is 11.9 Å². The van der Waals surface area contributed by atoms with Gasteiger partial charge >= 0.3 is 7.12 Å². The van der Waals surface area contributed by atoms with Crippen LogP contribution in [-0.4, -0.2) is 25.3 Å². The van der Waals surface area contributed by atoms with Gasteiger partial charge in [-0.25, -0.2) is 0 Å². The van der Waals surface area contributed by atoms with Gasteiger partial charge in [0.15, 0.2) is 0 Å². The van der Waals surface area contributed by atoms with Crippen LogP contribution in [0.5, 0.6) is 0 Å². The van der Waals surface area contributed by atoms with Crippen molar-refractivity contribution in [1.82, 2.24) is 0 Å². The first-order valence-corrected chi connectivity index (χ1v) is 4.75. The van der Waals surface area contributed by atoms with Crippen LogP contribution in [0.15, 0.2) is 24.3 Å². The van der Waals surface area contributed by atoms with Crippen molar-refractivity contribution in [3.8, 4) is 0 Å². The van der Waals surface area contributed by atoms with Gasteiger partial charge in [0.25, 0.3) is 5.69 Å². The normalized spacial score (nSPS) is 16.4. The van der Waals surface area contributed by atoms with Crippen molar-refractivity contribution in [2.75, 3.05) is 13.2 Å². The van der Waals surface area contributed by atoms with Crippen LogP contribution in [0.1, 0.15) is 6.42 Å². The van der Waals surface area contributed by atoms with E-state index >= 15 is 0 Å². The zero-order chi connectivity index (χ0) is 10.7. The van der Waals surface area contributed by atoms with Gasteiger partial charge in [0.2, 0.25) is 0 Å². The molecule has 1 heterocycles. The summed E-state index contributed by atoms with van der Waals surface area (Å²) in [7, 11) is -0.375. The Bertz CT molecular complexity index is 348. The van der Waals surface area contributed by atoms with E-state index in [1.807, 2.05) is 0 Å². The third kappa shape index (κ3) is 2.34. The summed E-state index contributed by atoms with van der Waals surface area (Å²) in [5.74, 6) is 0. The quantitative estimate of drug-likeness (QED) is 0.407. The predicted octanol–water partition coefficient (Wildman–Crippen LogP) is 0.727. The lowest BCUT2D eigenvalue weighted by Gasteiger charge is -2.19. The van der Waals surface area contributed by atoms with Gasteiger partial charge in [-0.1, -0.05) is 12.1 Å². The molecule has 1 saturated heterocycles. The topological polar surface area (TPSA) is 61.6 Å². The summed E-state index contributed by atoms with van der Waals surface area (Å²) in [5.41, 5.74) is 0.898. The number of hydrogen-bond donors (Lipinski definition) is 0. The molecule has 0 aromatic heterocycles. The molecule has 0 bridgehead atoms. The molecule has 0 radical (unpaired) electrons. The van der Waals surface area contributed by atoms with Gasteiger partial charge in [0.1, 0.15) is 0 Å². The highest BCUT2D eigenvalue weighted by Gasteiger charge is 2.24. The molecule has 1 aliphatic rings. The first-order chi connectivity index (χ1) is 7.27. The Morgan fingerprint density at radius 3 is 2.33 bits per heavy atom. The number of hydrogen-bond acceptors (Lipinski definition) is 4. The zero-order valence-electron chi connectivity index (χ0n) is 8.09. The van der Waals surface area contributed by atoms with Crippen LogP contribution < -0.4 is 5.46 Å². The first kappa shape index (κ1) is 10.1. The molecular weight excluding hydrogens is 197 g/mol. The number of rotatable bonds is 2. The van der Waals surface area contributed by atoms with Crippen molar-refractivity contribution in [3.05, 3.63) is 34.4 Å². The molecule has 15 heavy (non-hydrogen) atoms. The molecule has 0 aliphatic carbocycles. The van der Waals surface area contributed by atoms with Crippen LogP contribution in [0.3, 0.4) is 0 Å². The molecule has 1 aliphatic heterocycles. The third-order valence-corrected chi connectivity index (χ3v) is 2.20. The van der Waals surface area contributed by atoms with Crippen LogP contribution in [0.25, 0.3) is 0 Å². The van der Waals surface area contributed by atoms with Crippen molar-refractivity contribution >= 4 is 18.3 Å². The Morgan fingerprint density at radius 1 is 1.20 bits per heavy atom. The number of benzene rings is 1. The van der Waals surface area contributed by atoms with Crippen LogP contribution in [0.4, 0.5) is 5.69 Å². The standard InChI is InChI=1S/C9H10BNO4/c12-11(13)9-4-2-8(3-5-9)10-14-6-1-7-15-10/h2-5H,1,6-7H2. The summed E-state index contributed by atoms with van der Waals surface area (Å²) in [6.45, 7) is 1.34. The minimum absolute atomic E-state index is 0.0783. The van der Waals surface area contributed by atoms with Gasteiger partial charge in [-0.05, 0) is 11.9 Å². The summed E-state index contributed by atoms with van der Waals surface area (Å²) >= 11 is 0. The van der Waals surface area contributed by atoms with Crippen LogP contribution in [-0.2, 0) is 9.31 Å². The molecule has 0 atom stereocenters. The molecule has 1 fully saturated rings. The second kappa shape index (κ2) is 4.42. The van der Waals surface area contributed by atoms with Crippen molar-refractivity contribution in [3.63, 3.8) is 0 Å². The molecule has 5 nitrogen and oxygen atoms in total. The Morgan fingerprint density at radius 2 is 1.80 bits per heavy atom.